The molecule has 0 unspecified atom stereocenters. The molecule has 2 aromatic carbocycles. The summed E-state index contributed by atoms with van der Waals surface area (Å²) in [5.74, 6) is 0. The van der Waals surface area contributed by atoms with Gasteiger partial charge in [0, 0.05) is 15.6 Å². The molecule has 5 heteroatoms. The minimum absolute atomic E-state index is 0.0255. The maximum Gasteiger partial charge on any atom is 0.417 e. The summed E-state index contributed by atoms with van der Waals surface area (Å²) in [5.41, 5.74) is -0.427. The van der Waals surface area contributed by atoms with Crippen molar-refractivity contribution in [3.63, 3.8) is 0 Å². The first kappa shape index (κ1) is 13.2. The Morgan fingerprint density at radius 2 is 1.50 bits per heavy atom. The highest BCUT2D eigenvalue weighted by Crippen LogP contribution is 2.40. The first-order chi connectivity index (χ1) is 8.39. The van der Waals surface area contributed by atoms with Crippen molar-refractivity contribution in [2.24, 2.45) is 0 Å². The van der Waals surface area contributed by atoms with Gasteiger partial charge in [-0.25, -0.2) is 0 Å². The van der Waals surface area contributed by atoms with Crippen molar-refractivity contribution in [1.82, 2.24) is 0 Å². The van der Waals surface area contributed by atoms with Crippen LogP contribution >= 0.6 is 23.2 Å². The minimum Gasteiger partial charge on any atom is -0.166 e. The number of halogens is 5. The molecule has 0 heterocycles. The Morgan fingerprint density at radius 1 is 0.833 bits per heavy atom. The van der Waals surface area contributed by atoms with E-state index in [9.17, 15) is 13.2 Å². The molecule has 2 aromatic rings. The largest absolute Gasteiger partial charge is 0.417 e. The van der Waals surface area contributed by atoms with Crippen LogP contribution in [-0.4, -0.2) is 0 Å². The van der Waals surface area contributed by atoms with Crippen molar-refractivity contribution in [3.8, 4) is 11.1 Å². The lowest BCUT2D eigenvalue weighted by Crippen LogP contribution is -2.07. The molecule has 0 spiro atoms. The van der Waals surface area contributed by atoms with Crippen LogP contribution in [0.2, 0.25) is 10.0 Å². The van der Waals surface area contributed by atoms with Gasteiger partial charge in [-0.2, -0.15) is 13.2 Å². The minimum atomic E-state index is -4.47. The number of hydrogen-bond acceptors (Lipinski definition) is 0. The summed E-state index contributed by atoms with van der Waals surface area (Å²) in [7, 11) is 0. The SMILES string of the molecule is FC(F)(F)c1cc(Cl)ccc1-c1ccccc1Cl. The molecular formula is C13H7Cl2F3. The molecule has 0 nitrogen and oxygen atoms in total. The lowest BCUT2D eigenvalue weighted by Gasteiger charge is -2.14. The molecule has 0 bridgehead atoms. The van der Waals surface area contributed by atoms with Gasteiger partial charge in [0.15, 0.2) is 0 Å². The molecule has 0 saturated carbocycles. The first-order valence-corrected chi connectivity index (χ1v) is 5.77. The predicted molar refractivity (Wildman–Crippen MR) is 66.9 cm³/mol. The molecule has 0 fully saturated rings. The average Bonchev–Trinajstić information content (AvgIpc) is 2.29. The maximum atomic E-state index is 12.9. The zero-order valence-corrected chi connectivity index (χ0v) is 10.4. The van der Waals surface area contributed by atoms with Crippen molar-refractivity contribution in [2.75, 3.05) is 0 Å². The van der Waals surface area contributed by atoms with Gasteiger partial charge in [-0.1, -0.05) is 47.5 Å². The number of alkyl halides is 3. The number of benzene rings is 2. The van der Waals surface area contributed by atoms with Gasteiger partial charge in [0.2, 0.25) is 0 Å². The summed E-state index contributed by atoms with van der Waals surface area (Å²) in [6.45, 7) is 0. The summed E-state index contributed by atoms with van der Waals surface area (Å²) in [6, 6.07) is 10.0. The van der Waals surface area contributed by atoms with Crippen LogP contribution in [0.15, 0.2) is 42.5 Å². The maximum absolute atomic E-state index is 12.9. The van der Waals surface area contributed by atoms with E-state index in [4.69, 9.17) is 23.2 Å². The van der Waals surface area contributed by atoms with E-state index < -0.39 is 11.7 Å². The second kappa shape index (κ2) is 4.82. The van der Waals surface area contributed by atoms with Crippen molar-refractivity contribution >= 4 is 23.2 Å². The van der Waals surface area contributed by atoms with Gasteiger partial charge in [-0.3, -0.25) is 0 Å². The summed E-state index contributed by atoms with van der Waals surface area (Å²) >= 11 is 11.5. The third-order valence-corrected chi connectivity index (χ3v) is 3.02. The Kier molecular flexibility index (Phi) is 3.55. The summed E-state index contributed by atoms with van der Waals surface area (Å²) in [6.07, 6.45) is -4.47. The van der Waals surface area contributed by atoms with Gasteiger partial charge in [-0.15, -0.1) is 0 Å². The van der Waals surface area contributed by atoms with Gasteiger partial charge < -0.3 is 0 Å². The highest BCUT2D eigenvalue weighted by Gasteiger charge is 2.34. The van der Waals surface area contributed by atoms with E-state index in [0.717, 1.165) is 6.07 Å². The molecule has 0 atom stereocenters. The Morgan fingerprint density at radius 3 is 2.11 bits per heavy atom. The normalized spacial score (nSPS) is 11.6. The van der Waals surface area contributed by atoms with E-state index in [-0.39, 0.29) is 15.6 Å². The number of rotatable bonds is 1. The van der Waals surface area contributed by atoms with Gasteiger partial charge >= 0.3 is 6.18 Å². The lowest BCUT2D eigenvalue weighted by atomic mass is 9.99. The molecule has 18 heavy (non-hydrogen) atoms. The smallest absolute Gasteiger partial charge is 0.166 e. The molecule has 0 aliphatic rings. The molecule has 0 saturated heterocycles. The van der Waals surface area contributed by atoms with Crippen LogP contribution in [-0.2, 0) is 6.18 Å². The fourth-order valence-corrected chi connectivity index (χ4v) is 2.08. The molecule has 0 radical (unpaired) electrons. The summed E-state index contributed by atoms with van der Waals surface area (Å²) < 4.78 is 38.8. The molecule has 94 valence electrons. The molecule has 0 aliphatic heterocycles. The first-order valence-electron chi connectivity index (χ1n) is 5.01. The van der Waals surface area contributed by atoms with Crippen LogP contribution in [0, 0.1) is 0 Å². The van der Waals surface area contributed by atoms with E-state index in [2.05, 4.69) is 0 Å². The second-order valence-electron chi connectivity index (χ2n) is 3.67. The standard InChI is InChI=1S/C13H7Cl2F3/c14-8-5-6-9(11(7-8)13(16,17)18)10-3-1-2-4-12(10)15/h1-7H. The van der Waals surface area contributed by atoms with Crippen LogP contribution in [0.25, 0.3) is 11.1 Å². The lowest BCUT2D eigenvalue weighted by molar-refractivity contribution is -0.137. The molecule has 2 rings (SSSR count). The zero-order valence-electron chi connectivity index (χ0n) is 8.93. The summed E-state index contributed by atoms with van der Waals surface area (Å²) in [5, 5.41) is 0.309. The third-order valence-electron chi connectivity index (χ3n) is 2.45. The highest BCUT2D eigenvalue weighted by molar-refractivity contribution is 6.33. The molecule has 0 amide bonds. The molecule has 0 N–H and O–H groups in total. The van der Waals surface area contributed by atoms with Crippen LogP contribution in [0.3, 0.4) is 0 Å². The van der Waals surface area contributed by atoms with E-state index >= 15 is 0 Å². The van der Waals surface area contributed by atoms with Crippen LogP contribution < -0.4 is 0 Å². The molecule has 0 aromatic heterocycles. The topological polar surface area (TPSA) is 0 Å². The molecule has 0 aliphatic carbocycles. The van der Waals surface area contributed by atoms with Crippen LogP contribution in [0.5, 0.6) is 0 Å². The second-order valence-corrected chi connectivity index (χ2v) is 4.51. The van der Waals surface area contributed by atoms with Crippen molar-refractivity contribution in [2.45, 2.75) is 6.18 Å². The fourth-order valence-electron chi connectivity index (χ4n) is 1.67. The van der Waals surface area contributed by atoms with Crippen LogP contribution in [0.4, 0.5) is 13.2 Å². The van der Waals surface area contributed by atoms with Crippen LogP contribution in [0.1, 0.15) is 5.56 Å². The quantitative estimate of drug-likeness (QED) is 0.634. The predicted octanol–water partition coefficient (Wildman–Crippen LogP) is 5.68. The van der Waals surface area contributed by atoms with Crippen molar-refractivity contribution in [1.29, 1.82) is 0 Å². The van der Waals surface area contributed by atoms with Crippen molar-refractivity contribution < 1.29 is 13.2 Å². The number of hydrogen-bond donors (Lipinski definition) is 0. The van der Waals surface area contributed by atoms with E-state index in [1.54, 1.807) is 24.3 Å². The van der Waals surface area contributed by atoms with Gasteiger partial charge in [-0.05, 0) is 23.8 Å². The van der Waals surface area contributed by atoms with Crippen molar-refractivity contribution in [3.05, 3.63) is 58.1 Å². The Hall–Kier alpha value is -1.19. The molecular weight excluding hydrogens is 284 g/mol. The Bertz CT molecular complexity index is 577. The summed E-state index contributed by atoms with van der Waals surface area (Å²) in [4.78, 5) is 0. The van der Waals surface area contributed by atoms with E-state index in [0.29, 0.717) is 5.56 Å². The van der Waals surface area contributed by atoms with E-state index in [1.165, 1.54) is 12.1 Å². The Balaban J connectivity index is 2.69. The third kappa shape index (κ3) is 2.62. The average molecular weight is 291 g/mol. The van der Waals surface area contributed by atoms with Gasteiger partial charge in [0.1, 0.15) is 0 Å². The van der Waals surface area contributed by atoms with Gasteiger partial charge in [0.25, 0.3) is 0 Å². The zero-order chi connectivity index (χ0) is 13.3. The fraction of sp³-hybridized carbons (Fsp3) is 0.0769. The Labute approximate surface area is 112 Å². The monoisotopic (exact) mass is 290 g/mol. The van der Waals surface area contributed by atoms with E-state index in [1.807, 2.05) is 0 Å². The van der Waals surface area contributed by atoms with Gasteiger partial charge in [0.05, 0.1) is 5.56 Å². The highest BCUT2D eigenvalue weighted by atomic mass is 35.5.